The number of hydrogen-bond acceptors (Lipinski definition) is 1. The lowest BCUT2D eigenvalue weighted by molar-refractivity contribution is 0.160. The molecular formula is C14H20BrFO. The Morgan fingerprint density at radius 1 is 1.29 bits per heavy atom. The predicted octanol–water partition coefficient (Wildman–Crippen LogP) is 4.46. The maximum absolute atomic E-state index is 13.0. The molecular weight excluding hydrogens is 283 g/mol. The fourth-order valence-corrected chi connectivity index (χ4v) is 2.27. The van der Waals surface area contributed by atoms with Crippen LogP contribution in [-0.2, 0) is 6.42 Å². The third-order valence-corrected chi connectivity index (χ3v) is 3.63. The van der Waals surface area contributed by atoms with Gasteiger partial charge in [-0.1, -0.05) is 48.5 Å². The van der Waals surface area contributed by atoms with Crippen molar-refractivity contribution in [2.45, 2.75) is 51.6 Å². The molecule has 1 aromatic rings. The SMILES string of the molecule is CCCCCCC(O)Cc1cc(F)ccc1Br. The highest BCUT2D eigenvalue weighted by Crippen LogP contribution is 2.20. The van der Waals surface area contributed by atoms with Gasteiger partial charge in [0, 0.05) is 4.47 Å². The average Bonchev–Trinajstić information content (AvgIpc) is 2.29. The van der Waals surface area contributed by atoms with Crippen molar-refractivity contribution in [2.24, 2.45) is 0 Å². The molecule has 3 heteroatoms. The molecule has 1 unspecified atom stereocenters. The molecule has 0 fully saturated rings. The van der Waals surface area contributed by atoms with Gasteiger partial charge in [-0.3, -0.25) is 0 Å². The van der Waals surface area contributed by atoms with Crippen molar-refractivity contribution in [2.75, 3.05) is 0 Å². The van der Waals surface area contributed by atoms with Crippen LogP contribution in [0.5, 0.6) is 0 Å². The molecule has 0 spiro atoms. The summed E-state index contributed by atoms with van der Waals surface area (Å²) in [7, 11) is 0. The van der Waals surface area contributed by atoms with Crippen LogP contribution >= 0.6 is 15.9 Å². The topological polar surface area (TPSA) is 20.2 Å². The fraction of sp³-hybridized carbons (Fsp3) is 0.571. The van der Waals surface area contributed by atoms with Crippen LogP contribution in [0.4, 0.5) is 4.39 Å². The van der Waals surface area contributed by atoms with Gasteiger partial charge in [-0.15, -0.1) is 0 Å². The number of rotatable bonds is 7. The van der Waals surface area contributed by atoms with Crippen molar-refractivity contribution >= 4 is 15.9 Å². The van der Waals surface area contributed by atoms with Crippen LogP contribution < -0.4 is 0 Å². The number of hydrogen-bond donors (Lipinski definition) is 1. The van der Waals surface area contributed by atoms with E-state index in [4.69, 9.17) is 0 Å². The van der Waals surface area contributed by atoms with E-state index in [1.807, 2.05) is 0 Å². The summed E-state index contributed by atoms with van der Waals surface area (Å²) in [6, 6.07) is 4.59. The zero-order chi connectivity index (χ0) is 12.7. The van der Waals surface area contributed by atoms with E-state index in [1.54, 1.807) is 6.07 Å². The summed E-state index contributed by atoms with van der Waals surface area (Å²) in [5.74, 6) is -0.249. The van der Waals surface area contributed by atoms with Gasteiger partial charge in [0.25, 0.3) is 0 Å². The van der Waals surface area contributed by atoms with Gasteiger partial charge >= 0.3 is 0 Å². The maximum atomic E-state index is 13.0. The van der Waals surface area contributed by atoms with Crippen LogP contribution in [0.3, 0.4) is 0 Å². The molecule has 1 aromatic carbocycles. The smallest absolute Gasteiger partial charge is 0.123 e. The molecule has 1 N–H and O–H groups in total. The first-order valence-electron chi connectivity index (χ1n) is 6.25. The van der Waals surface area contributed by atoms with Crippen molar-refractivity contribution in [3.8, 4) is 0 Å². The van der Waals surface area contributed by atoms with Crippen LogP contribution in [0.2, 0.25) is 0 Å². The summed E-state index contributed by atoms with van der Waals surface area (Å²) in [5.41, 5.74) is 0.841. The molecule has 0 amide bonds. The Morgan fingerprint density at radius 2 is 2.06 bits per heavy atom. The van der Waals surface area contributed by atoms with E-state index in [0.717, 1.165) is 29.3 Å². The van der Waals surface area contributed by atoms with E-state index >= 15 is 0 Å². The lowest BCUT2D eigenvalue weighted by atomic mass is 10.0. The van der Waals surface area contributed by atoms with Crippen molar-refractivity contribution in [3.05, 3.63) is 34.1 Å². The van der Waals surface area contributed by atoms with E-state index < -0.39 is 0 Å². The predicted molar refractivity (Wildman–Crippen MR) is 72.6 cm³/mol. The molecule has 0 aliphatic rings. The van der Waals surface area contributed by atoms with E-state index in [2.05, 4.69) is 22.9 Å². The van der Waals surface area contributed by atoms with Crippen molar-refractivity contribution in [1.82, 2.24) is 0 Å². The highest BCUT2D eigenvalue weighted by atomic mass is 79.9. The van der Waals surface area contributed by atoms with E-state index in [0.29, 0.717) is 6.42 Å². The van der Waals surface area contributed by atoms with Gasteiger partial charge in [0.1, 0.15) is 5.82 Å². The lowest BCUT2D eigenvalue weighted by Crippen LogP contribution is -2.10. The van der Waals surface area contributed by atoms with Gasteiger partial charge in [0.2, 0.25) is 0 Å². The highest BCUT2D eigenvalue weighted by molar-refractivity contribution is 9.10. The molecule has 0 heterocycles. The zero-order valence-electron chi connectivity index (χ0n) is 10.3. The fourth-order valence-electron chi connectivity index (χ4n) is 1.86. The summed E-state index contributed by atoms with van der Waals surface area (Å²) in [6.07, 6.45) is 5.57. The molecule has 0 aliphatic heterocycles. The number of aliphatic hydroxyl groups is 1. The molecule has 1 nitrogen and oxygen atoms in total. The van der Waals surface area contributed by atoms with Crippen LogP contribution in [0.15, 0.2) is 22.7 Å². The summed E-state index contributed by atoms with van der Waals surface area (Å²) in [5, 5.41) is 9.87. The van der Waals surface area contributed by atoms with Crippen LogP contribution in [0.1, 0.15) is 44.6 Å². The van der Waals surface area contributed by atoms with Gasteiger partial charge in [0.05, 0.1) is 6.10 Å². The molecule has 0 bridgehead atoms. The largest absolute Gasteiger partial charge is 0.393 e. The lowest BCUT2D eigenvalue weighted by Gasteiger charge is -2.11. The average molecular weight is 303 g/mol. The molecule has 0 aliphatic carbocycles. The molecule has 0 saturated heterocycles. The van der Waals surface area contributed by atoms with Gasteiger partial charge in [-0.05, 0) is 36.6 Å². The van der Waals surface area contributed by atoms with E-state index in [-0.39, 0.29) is 11.9 Å². The van der Waals surface area contributed by atoms with Crippen molar-refractivity contribution < 1.29 is 9.50 Å². The van der Waals surface area contributed by atoms with Gasteiger partial charge in [-0.2, -0.15) is 0 Å². The van der Waals surface area contributed by atoms with Crippen LogP contribution in [0.25, 0.3) is 0 Å². The minimum atomic E-state index is -0.370. The Balaban J connectivity index is 2.39. The Labute approximate surface area is 111 Å². The number of unbranched alkanes of at least 4 members (excludes halogenated alkanes) is 3. The van der Waals surface area contributed by atoms with Crippen molar-refractivity contribution in [1.29, 1.82) is 0 Å². The monoisotopic (exact) mass is 302 g/mol. The number of benzene rings is 1. The quantitative estimate of drug-likeness (QED) is 0.737. The van der Waals surface area contributed by atoms with Crippen molar-refractivity contribution in [3.63, 3.8) is 0 Å². The number of halogens is 2. The molecule has 1 atom stereocenters. The minimum absolute atomic E-state index is 0.249. The summed E-state index contributed by atoms with van der Waals surface area (Å²) < 4.78 is 13.9. The number of aliphatic hydroxyl groups excluding tert-OH is 1. The first-order chi connectivity index (χ1) is 8.13. The Hall–Kier alpha value is -0.410. The third kappa shape index (κ3) is 5.64. The molecule has 0 radical (unpaired) electrons. The second-order valence-corrected chi connectivity index (χ2v) is 5.30. The molecule has 1 rings (SSSR count). The third-order valence-electron chi connectivity index (χ3n) is 2.85. The minimum Gasteiger partial charge on any atom is -0.393 e. The molecule has 0 saturated carbocycles. The Kier molecular flexibility index (Phi) is 6.75. The zero-order valence-corrected chi connectivity index (χ0v) is 11.8. The molecule has 17 heavy (non-hydrogen) atoms. The summed E-state index contributed by atoms with van der Waals surface area (Å²) in [4.78, 5) is 0. The summed E-state index contributed by atoms with van der Waals surface area (Å²) in [6.45, 7) is 2.17. The van der Waals surface area contributed by atoms with Gasteiger partial charge in [-0.25, -0.2) is 4.39 Å². The Bertz CT molecular complexity index is 341. The standard InChI is InChI=1S/C14H20BrFO/c1-2-3-4-5-6-13(17)10-11-9-12(16)7-8-14(11)15/h7-9,13,17H,2-6,10H2,1H3. The van der Waals surface area contributed by atoms with E-state index in [1.165, 1.54) is 25.0 Å². The normalized spacial score (nSPS) is 12.7. The van der Waals surface area contributed by atoms with Gasteiger partial charge in [0.15, 0.2) is 0 Å². The second kappa shape index (κ2) is 7.83. The highest BCUT2D eigenvalue weighted by Gasteiger charge is 2.09. The maximum Gasteiger partial charge on any atom is 0.123 e. The Morgan fingerprint density at radius 3 is 2.76 bits per heavy atom. The summed E-state index contributed by atoms with van der Waals surface area (Å²) >= 11 is 3.37. The first-order valence-corrected chi connectivity index (χ1v) is 7.04. The van der Waals surface area contributed by atoms with E-state index in [9.17, 15) is 9.50 Å². The molecule has 0 aromatic heterocycles. The van der Waals surface area contributed by atoms with Crippen LogP contribution in [0, 0.1) is 5.82 Å². The molecule has 96 valence electrons. The second-order valence-electron chi connectivity index (χ2n) is 4.44. The first kappa shape index (κ1) is 14.7. The van der Waals surface area contributed by atoms with Gasteiger partial charge < -0.3 is 5.11 Å². The van der Waals surface area contributed by atoms with Crippen LogP contribution in [-0.4, -0.2) is 11.2 Å².